The topological polar surface area (TPSA) is 95.3 Å². The Labute approximate surface area is 176 Å². The summed E-state index contributed by atoms with van der Waals surface area (Å²) < 4.78 is 28.7. The molecule has 2 aromatic carbocycles. The van der Waals surface area contributed by atoms with Crippen molar-refractivity contribution in [3.63, 3.8) is 0 Å². The molecule has 2 amide bonds. The summed E-state index contributed by atoms with van der Waals surface area (Å²) in [7, 11) is 0. The number of aromatic nitrogens is 2. The van der Waals surface area contributed by atoms with E-state index >= 15 is 0 Å². The van der Waals surface area contributed by atoms with Crippen LogP contribution >= 0.6 is 0 Å². The lowest BCUT2D eigenvalue weighted by molar-refractivity contribution is -0.135. The highest BCUT2D eigenvalue weighted by molar-refractivity contribution is 5.97. The normalized spacial score (nSPS) is 17.8. The van der Waals surface area contributed by atoms with Crippen LogP contribution in [-0.4, -0.2) is 63.5 Å². The van der Waals surface area contributed by atoms with Crippen molar-refractivity contribution in [1.29, 1.82) is 0 Å². The van der Waals surface area contributed by atoms with Crippen molar-refractivity contribution in [3.8, 4) is 11.3 Å². The predicted octanol–water partition coefficient (Wildman–Crippen LogP) is 2.28. The lowest BCUT2D eigenvalue weighted by Crippen LogP contribution is -2.55. The number of benzene rings is 2. The van der Waals surface area contributed by atoms with Gasteiger partial charge in [-0.25, -0.2) is 8.78 Å². The van der Waals surface area contributed by atoms with Gasteiger partial charge in [0.1, 0.15) is 11.3 Å². The third-order valence-electron chi connectivity index (χ3n) is 6.09. The molecule has 160 valence electrons. The summed E-state index contributed by atoms with van der Waals surface area (Å²) in [6, 6.07) is 8.85. The molecule has 0 unspecified atom stereocenters. The van der Waals surface area contributed by atoms with Gasteiger partial charge in [0.2, 0.25) is 5.91 Å². The molecule has 3 N–H and O–H groups in total. The lowest BCUT2D eigenvalue weighted by Gasteiger charge is -2.36. The number of carbonyl (C=O) groups is 2. The molecule has 1 saturated carbocycles. The van der Waals surface area contributed by atoms with E-state index < -0.39 is 23.1 Å². The molecule has 0 atom stereocenters. The van der Waals surface area contributed by atoms with Crippen LogP contribution in [0, 0.1) is 11.6 Å². The monoisotopic (exact) mass is 425 g/mol. The van der Waals surface area contributed by atoms with E-state index in [0.717, 1.165) is 0 Å². The van der Waals surface area contributed by atoms with Crippen LogP contribution in [0.1, 0.15) is 23.2 Å². The summed E-state index contributed by atoms with van der Waals surface area (Å²) >= 11 is 0. The fourth-order valence-corrected chi connectivity index (χ4v) is 4.01. The zero-order valence-electron chi connectivity index (χ0n) is 16.7. The van der Waals surface area contributed by atoms with Crippen LogP contribution in [0.25, 0.3) is 22.2 Å². The van der Waals surface area contributed by atoms with Gasteiger partial charge in [-0.15, -0.1) is 0 Å². The van der Waals surface area contributed by atoms with Gasteiger partial charge in [0.25, 0.3) is 5.91 Å². The molecule has 0 spiro atoms. The van der Waals surface area contributed by atoms with E-state index in [-0.39, 0.29) is 17.0 Å². The van der Waals surface area contributed by atoms with Gasteiger partial charge in [-0.2, -0.15) is 5.10 Å². The van der Waals surface area contributed by atoms with Crippen molar-refractivity contribution in [2.24, 2.45) is 5.73 Å². The summed E-state index contributed by atoms with van der Waals surface area (Å²) in [5.41, 5.74) is 6.33. The number of halogens is 2. The number of nitrogens with two attached hydrogens (primary N) is 1. The van der Waals surface area contributed by atoms with Gasteiger partial charge in [-0.3, -0.25) is 14.7 Å². The molecule has 31 heavy (non-hydrogen) atoms. The Morgan fingerprint density at radius 1 is 1.00 bits per heavy atom. The van der Waals surface area contributed by atoms with Crippen LogP contribution in [0.3, 0.4) is 0 Å². The van der Waals surface area contributed by atoms with Crippen molar-refractivity contribution in [2.45, 2.75) is 18.4 Å². The van der Waals surface area contributed by atoms with Gasteiger partial charge in [0.15, 0.2) is 5.82 Å². The minimum absolute atomic E-state index is 0.0454. The standard InChI is InChI=1S/C22H21F2N5O2/c23-16-3-1-2-15-18(26-27-19(15)16)13-4-5-14(17(24)12-13)20(30)28-8-10-29(11-9-28)21(31)22(25)6-7-22/h1-5,12H,6-11,25H2,(H,26,27). The lowest BCUT2D eigenvalue weighted by atomic mass is 10.0. The summed E-state index contributed by atoms with van der Waals surface area (Å²) in [5, 5.41) is 7.24. The average Bonchev–Trinajstić information content (AvgIpc) is 3.37. The number of nitrogens with one attached hydrogen (secondary N) is 1. The molecular formula is C22H21F2N5O2. The highest BCUT2D eigenvalue weighted by Crippen LogP contribution is 2.34. The van der Waals surface area contributed by atoms with E-state index in [1.54, 1.807) is 28.0 Å². The van der Waals surface area contributed by atoms with Crippen LogP contribution < -0.4 is 5.73 Å². The van der Waals surface area contributed by atoms with E-state index in [2.05, 4.69) is 10.2 Å². The molecule has 0 bridgehead atoms. The van der Waals surface area contributed by atoms with Crippen molar-refractivity contribution >= 4 is 22.7 Å². The Hall–Kier alpha value is -3.33. The number of amides is 2. The molecular weight excluding hydrogens is 404 g/mol. The maximum atomic E-state index is 14.9. The van der Waals surface area contributed by atoms with E-state index in [1.165, 1.54) is 18.2 Å². The molecule has 1 saturated heterocycles. The first kappa shape index (κ1) is 19.6. The summed E-state index contributed by atoms with van der Waals surface area (Å²) in [4.78, 5) is 28.4. The van der Waals surface area contributed by atoms with Crippen LogP contribution in [0.15, 0.2) is 36.4 Å². The second kappa shape index (κ2) is 7.12. The van der Waals surface area contributed by atoms with Crippen molar-refractivity contribution < 1.29 is 18.4 Å². The molecule has 9 heteroatoms. The quantitative estimate of drug-likeness (QED) is 0.673. The second-order valence-electron chi connectivity index (χ2n) is 8.17. The average molecular weight is 425 g/mol. The Bertz CT molecular complexity index is 1200. The summed E-state index contributed by atoms with van der Waals surface area (Å²) in [6.45, 7) is 1.42. The molecule has 3 aromatic rings. The van der Waals surface area contributed by atoms with Crippen LogP contribution in [0.4, 0.5) is 8.78 Å². The van der Waals surface area contributed by atoms with E-state index in [0.29, 0.717) is 55.7 Å². The minimum atomic E-state index is -0.728. The number of rotatable bonds is 3. The Kier molecular flexibility index (Phi) is 4.51. The number of para-hydroxylation sites is 1. The number of carbonyl (C=O) groups excluding carboxylic acids is 2. The molecule has 2 aliphatic rings. The zero-order chi connectivity index (χ0) is 21.8. The number of hydrogen-bond acceptors (Lipinski definition) is 4. The zero-order valence-corrected chi connectivity index (χ0v) is 16.7. The number of hydrogen-bond donors (Lipinski definition) is 2. The predicted molar refractivity (Wildman–Crippen MR) is 110 cm³/mol. The van der Waals surface area contributed by atoms with Crippen LogP contribution in [0.2, 0.25) is 0 Å². The van der Waals surface area contributed by atoms with Gasteiger partial charge >= 0.3 is 0 Å². The van der Waals surface area contributed by atoms with Gasteiger partial charge in [-0.1, -0.05) is 18.2 Å². The Morgan fingerprint density at radius 2 is 1.71 bits per heavy atom. The minimum Gasteiger partial charge on any atom is -0.338 e. The SMILES string of the molecule is NC1(C(=O)N2CCN(C(=O)c3ccc(-c4[nH]nc5c(F)cccc45)cc3F)CC2)CC1. The molecule has 1 aromatic heterocycles. The number of H-pyrrole nitrogens is 1. The van der Waals surface area contributed by atoms with E-state index in [4.69, 9.17) is 5.73 Å². The summed E-state index contributed by atoms with van der Waals surface area (Å²) in [6.07, 6.45) is 1.39. The van der Waals surface area contributed by atoms with Gasteiger partial charge < -0.3 is 15.5 Å². The van der Waals surface area contributed by atoms with Crippen molar-refractivity contribution in [3.05, 3.63) is 53.6 Å². The Balaban J connectivity index is 1.33. The number of piperazine rings is 1. The maximum Gasteiger partial charge on any atom is 0.256 e. The van der Waals surface area contributed by atoms with Crippen molar-refractivity contribution in [2.75, 3.05) is 26.2 Å². The van der Waals surface area contributed by atoms with Crippen molar-refractivity contribution in [1.82, 2.24) is 20.0 Å². The Morgan fingerprint density at radius 3 is 2.39 bits per heavy atom. The smallest absolute Gasteiger partial charge is 0.256 e. The van der Waals surface area contributed by atoms with E-state index in [1.807, 2.05) is 0 Å². The molecule has 2 heterocycles. The van der Waals surface area contributed by atoms with Gasteiger partial charge in [0.05, 0.1) is 16.8 Å². The second-order valence-corrected chi connectivity index (χ2v) is 8.17. The molecule has 1 aliphatic carbocycles. The fraction of sp³-hybridized carbons (Fsp3) is 0.318. The maximum absolute atomic E-state index is 14.9. The summed E-state index contributed by atoms with van der Waals surface area (Å²) in [5.74, 6) is -1.63. The molecule has 1 aliphatic heterocycles. The first-order valence-corrected chi connectivity index (χ1v) is 10.2. The largest absolute Gasteiger partial charge is 0.338 e. The number of fused-ring (bicyclic) bond motifs is 1. The highest BCUT2D eigenvalue weighted by Gasteiger charge is 2.48. The van der Waals surface area contributed by atoms with Crippen LogP contribution in [-0.2, 0) is 4.79 Å². The molecule has 5 rings (SSSR count). The first-order valence-electron chi connectivity index (χ1n) is 10.2. The highest BCUT2D eigenvalue weighted by atomic mass is 19.1. The first-order chi connectivity index (χ1) is 14.9. The van der Waals surface area contributed by atoms with Gasteiger partial charge in [-0.05, 0) is 31.0 Å². The van der Waals surface area contributed by atoms with E-state index in [9.17, 15) is 18.4 Å². The third-order valence-corrected chi connectivity index (χ3v) is 6.09. The van der Waals surface area contributed by atoms with Crippen LogP contribution in [0.5, 0.6) is 0 Å². The fourth-order valence-electron chi connectivity index (χ4n) is 4.01. The number of aromatic amines is 1. The molecule has 2 fully saturated rings. The van der Waals surface area contributed by atoms with Gasteiger partial charge in [0, 0.05) is 37.1 Å². The number of nitrogens with zero attached hydrogens (tertiary/aromatic N) is 3. The third kappa shape index (κ3) is 3.34. The molecule has 7 nitrogen and oxygen atoms in total. The molecule has 0 radical (unpaired) electrons.